The molecule has 0 saturated heterocycles. The Labute approximate surface area is 155 Å². The van der Waals surface area contributed by atoms with Crippen molar-refractivity contribution in [2.24, 2.45) is 0 Å². The summed E-state index contributed by atoms with van der Waals surface area (Å²) in [7, 11) is -2.52. The number of hydrogen-bond acceptors (Lipinski definition) is 6. The average Bonchev–Trinajstić information content (AvgIpc) is 2.63. The molecule has 1 aliphatic heterocycles. The Morgan fingerprint density at radius 2 is 2.07 bits per heavy atom. The van der Waals surface area contributed by atoms with Gasteiger partial charge in [-0.25, -0.2) is 8.42 Å². The van der Waals surface area contributed by atoms with Gasteiger partial charge in [0.2, 0.25) is 0 Å². The first-order valence-corrected chi connectivity index (χ1v) is 9.24. The zero-order valence-electron chi connectivity index (χ0n) is 14.2. The topological polar surface area (TPSA) is 122 Å². The van der Waals surface area contributed by atoms with E-state index in [9.17, 15) is 18.0 Å². The first-order chi connectivity index (χ1) is 12.8. The highest BCUT2D eigenvalue weighted by molar-refractivity contribution is 7.92. The molecule has 2 N–H and O–H groups in total. The number of nitrogens with zero attached hydrogens (tertiary/aromatic N) is 1. The Hall–Kier alpha value is -3.27. The standard InChI is InChI=1S/C17H16N2O7S/c1-25-12-4-2-3-11(7-12)18-27(23,24)13-5-6-15-14(8-13)19(9-17(21)22)16(20)10-26-15/h2-8,18H,9-10H2,1H3,(H,21,22). The molecular weight excluding hydrogens is 376 g/mol. The largest absolute Gasteiger partial charge is 0.497 e. The molecule has 0 bridgehead atoms. The van der Waals surface area contributed by atoms with Gasteiger partial charge in [0, 0.05) is 6.07 Å². The van der Waals surface area contributed by atoms with E-state index in [0.29, 0.717) is 11.4 Å². The lowest BCUT2D eigenvalue weighted by Crippen LogP contribution is -2.42. The Morgan fingerprint density at radius 3 is 2.78 bits per heavy atom. The van der Waals surface area contributed by atoms with Crippen molar-refractivity contribution >= 4 is 33.3 Å². The van der Waals surface area contributed by atoms with Gasteiger partial charge in [-0.15, -0.1) is 0 Å². The number of rotatable bonds is 6. The lowest BCUT2D eigenvalue weighted by atomic mass is 10.2. The summed E-state index contributed by atoms with van der Waals surface area (Å²) < 4.78 is 38.1. The molecule has 0 atom stereocenters. The minimum Gasteiger partial charge on any atom is -0.497 e. The van der Waals surface area contributed by atoms with E-state index in [2.05, 4.69) is 4.72 Å². The molecule has 1 amide bonds. The van der Waals surface area contributed by atoms with Gasteiger partial charge in [0.05, 0.1) is 23.4 Å². The first kappa shape index (κ1) is 18.5. The van der Waals surface area contributed by atoms with Crippen LogP contribution in [0.2, 0.25) is 0 Å². The van der Waals surface area contributed by atoms with Crippen molar-refractivity contribution in [3.63, 3.8) is 0 Å². The molecule has 3 rings (SSSR count). The number of fused-ring (bicyclic) bond motifs is 1. The predicted octanol–water partition coefficient (Wildman–Crippen LogP) is 1.31. The number of aliphatic carboxylic acids is 1. The van der Waals surface area contributed by atoms with Crippen molar-refractivity contribution in [1.29, 1.82) is 0 Å². The molecule has 2 aromatic carbocycles. The number of benzene rings is 2. The van der Waals surface area contributed by atoms with Gasteiger partial charge < -0.3 is 14.6 Å². The molecule has 27 heavy (non-hydrogen) atoms. The van der Waals surface area contributed by atoms with E-state index in [1.165, 1.54) is 31.4 Å². The fraction of sp³-hybridized carbons (Fsp3) is 0.176. The van der Waals surface area contributed by atoms with E-state index in [4.69, 9.17) is 14.6 Å². The Morgan fingerprint density at radius 1 is 1.30 bits per heavy atom. The molecule has 0 fully saturated rings. The number of sulfonamides is 1. The highest BCUT2D eigenvalue weighted by Crippen LogP contribution is 2.34. The Kier molecular flexibility index (Phi) is 4.91. The van der Waals surface area contributed by atoms with Crippen LogP contribution in [0.25, 0.3) is 0 Å². The molecule has 0 spiro atoms. The van der Waals surface area contributed by atoms with Gasteiger partial charge in [0.25, 0.3) is 15.9 Å². The van der Waals surface area contributed by atoms with Crippen molar-refractivity contribution in [2.75, 3.05) is 29.9 Å². The Bertz CT molecular complexity index is 1000. The summed E-state index contributed by atoms with van der Waals surface area (Å²) in [5.41, 5.74) is 0.379. The maximum absolute atomic E-state index is 12.7. The van der Waals surface area contributed by atoms with Crippen LogP contribution in [-0.2, 0) is 19.6 Å². The fourth-order valence-corrected chi connectivity index (χ4v) is 3.63. The van der Waals surface area contributed by atoms with E-state index >= 15 is 0 Å². The summed E-state index contributed by atoms with van der Waals surface area (Å²) in [6.07, 6.45) is 0. The smallest absolute Gasteiger partial charge is 0.323 e. The van der Waals surface area contributed by atoms with Crippen LogP contribution in [0.5, 0.6) is 11.5 Å². The number of nitrogens with one attached hydrogen (secondary N) is 1. The number of carboxylic acid groups (broad SMARTS) is 1. The maximum Gasteiger partial charge on any atom is 0.323 e. The second-order valence-corrected chi connectivity index (χ2v) is 7.31. The fourth-order valence-electron chi connectivity index (χ4n) is 2.56. The SMILES string of the molecule is COc1cccc(NS(=O)(=O)c2ccc3c(c2)N(CC(=O)O)C(=O)CO3)c1. The highest BCUT2D eigenvalue weighted by atomic mass is 32.2. The van der Waals surface area contributed by atoms with Crippen LogP contribution in [-0.4, -0.2) is 45.7 Å². The van der Waals surface area contributed by atoms with Crippen molar-refractivity contribution in [1.82, 2.24) is 0 Å². The van der Waals surface area contributed by atoms with E-state index in [-0.39, 0.29) is 22.9 Å². The predicted molar refractivity (Wildman–Crippen MR) is 95.7 cm³/mol. The lowest BCUT2D eigenvalue weighted by molar-refractivity contribution is -0.137. The lowest BCUT2D eigenvalue weighted by Gasteiger charge is -2.28. The highest BCUT2D eigenvalue weighted by Gasteiger charge is 2.29. The Balaban J connectivity index is 1.96. The summed E-state index contributed by atoms with van der Waals surface area (Å²) in [5.74, 6) is -1.08. The van der Waals surface area contributed by atoms with Crippen molar-refractivity contribution in [3.05, 3.63) is 42.5 Å². The van der Waals surface area contributed by atoms with Gasteiger partial charge in [-0.3, -0.25) is 19.2 Å². The number of hydrogen-bond donors (Lipinski definition) is 2. The summed E-state index contributed by atoms with van der Waals surface area (Å²) in [6, 6.07) is 10.3. The quantitative estimate of drug-likeness (QED) is 0.760. The van der Waals surface area contributed by atoms with Crippen molar-refractivity contribution in [3.8, 4) is 11.5 Å². The second kappa shape index (κ2) is 7.16. The zero-order chi connectivity index (χ0) is 19.6. The van der Waals surface area contributed by atoms with E-state index in [1.807, 2.05) is 0 Å². The van der Waals surface area contributed by atoms with Crippen LogP contribution in [0.15, 0.2) is 47.4 Å². The summed E-state index contributed by atoms with van der Waals surface area (Å²) in [6.45, 7) is -0.906. The monoisotopic (exact) mass is 392 g/mol. The molecule has 1 aliphatic rings. The van der Waals surface area contributed by atoms with Gasteiger partial charge in [0.15, 0.2) is 6.61 Å². The zero-order valence-corrected chi connectivity index (χ0v) is 15.0. The van der Waals surface area contributed by atoms with Gasteiger partial charge in [-0.1, -0.05) is 6.07 Å². The van der Waals surface area contributed by atoms with E-state index < -0.39 is 28.4 Å². The summed E-state index contributed by atoms with van der Waals surface area (Å²) in [4.78, 5) is 23.8. The number of carbonyl (C=O) groups is 2. The van der Waals surface area contributed by atoms with E-state index in [0.717, 1.165) is 4.90 Å². The van der Waals surface area contributed by atoms with Crippen LogP contribution >= 0.6 is 0 Å². The molecule has 2 aromatic rings. The first-order valence-electron chi connectivity index (χ1n) is 7.76. The molecule has 0 radical (unpaired) electrons. The minimum absolute atomic E-state index is 0.0853. The molecule has 9 nitrogen and oxygen atoms in total. The van der Waals surface area contributed by atoms with E-state index in [1.54, 1.807) is 18.2 Å². The van der Waals surface area contributed by atoms with Crippen molar-refractivity contribution in [2.45, 2.75) is 4.90 Å². The van der Waals surface area contributed by atoms with Gasteiger partial charge in [-0.05, 0) is 30.3 Å². The third-order valence-electron chi connectivity index (χ3n) is 3.80. The molecule has 0 aromatic heterocycles. The number of amides is 1. The minimum atomic E-state index is -3.99. The molecular formula is C17H16N2O7S. The number of anilines is 2. The number of methoxy groups -OCH3 is 1. The molecule has 142 valence electrons. The summed E-state index contributed by atoms with van der Waals surface area (Å²) >= 11 is 0. The van der Waals surface area contributed by atoms with Crippen LogP contribution in [0.4, 0.5) is 11.4 Å². The second-order valence-electron chi connectivity index (χ2n) is 5.63. The molecule has 0 saturated carbocycles. The summed E-state index contributed by atoms with van der Waals surface area (Å²) in [5, 5.41) is 9.01. The van der Waals surface area contributed by atoms with Gasteiger partial charge in [0.1, 0.15) is 18.0 Å². The number of ether oxygens (including phenoxy) is 2. The molecule has 0 unspecified atom stereocenters. The van der Waals surface area contributed by atoms with Crippen LogP contribution in [0.1, 0.15) is 0 Å². The molecule has 1 heterocycles. The normalized spacial score (nSPS) is 13.5. The van der Waals surface area contributed by atoms with Gasteiger partial charge >= 0.3 is 5.97 Å². The van der Waals surface area contributed by atoms with Crippen molar-refractivity contribution < 1.29 is 32.6 Å². The number of carboxylic acids is 1. The van der Waals surface area contributed by atoms with Crippen LogP contribution in [0.3, 0.4) is 0 Å². The molecule has 10 heteroatoms. The molecule has 0 aliphatic carbocycles. The third kappa shape index (κ3) is 3.95. The van der Waals surface area contributed by atoms with Gasteiger partial charge in [-0.2, -0.15) is 0 Å². The van der Waals surface area contributed by atoms with Crippen LogP contribution < -0.4 is 19.1 Å². The number of carbonyl (C=O) groups excluding carboxylic acids is 1. The average molecular weight is 392 g/mol. The third-order valence-corrected chi connectivity index (χ3v) is 5.18. The maximum atomic E-state index is 12.7. The van der Waals surface area contributed by atoms with Crippen LogP contribution in [0, 0.1) is 0 Å².